The zero-order chi connectivity index (χ0) is 41.4. The number of furan rings is 2. The molecule has 8 nitrogen and oxygen atoms in total. The third-order valence-electron chi connectivity index (χ3n) is 11.9. The summed E-state index contributed by atoms with van der Waals surface area (Å²) < 4.78 is 15.5. The summed E-state index contributed by atoms with van der Waals surface area (Å²) in [6, 6.07) is 65.9. The summed E-state index contributed by atoms with van der Waals surface area (Å²) in [5, 5.41) is 5.30. The Morgan fingerprint density at radius 1 is 0.333 bits per heavy atom. The Morgan fingerprint density at radius 3 is 1.62 bits per heavy atom. The molecule has 8 heteroatoms. The fourth-order valence-electron chi connectivity index (χ4n) is 8.93. The molecule has 5 aromatic heterocycles. The van der Waals surface area contributed by atoms with Crippen LogP contribution in [-0.4, -0.2) is 29.5 Å². The zero-order valence-electron chi connectivity index (χ0n) is 33.5. The van der Waals surface area contributed by atoms with Crippen LogP contribution in [0.25, 0.3) is 128 Å². The van der Waals surface area contributed by atoms with Gasteiger partial charge in [-0.3, -0.25) is 0 Å². The molecule has 0 aliphatic rings. The maximum Gasteiger partial charge on any atom is 0.180 e. The first-order chi connectivity index (χ1) is 31.2. The SMILES string of the molecule is c1ccc(-c2nc(-c3ccc(-n4c5ccccc5c5ccccc54)cc3)nc(-c3cccc4c3oc3cc(-c5nc(-c6ccccc6)c6oc7ccccc7c6n5)ccc34)n2)cc1. The summed E-state index contributed by atoms with van der Waals surface area (Å²) in [6.45, 7) is 0. The Hall–Kier alpha value is -8.75. The zero-order valence-corrected chi connectivity index (χ0v) is 33.5. The summed E-state index contributed by atoms with van der Waals surface area (Å²) in [4.78, 5) is 25.5. The van der Waals surface area contributed by atoms with Crippen LogP contribution < -0.4 is 0 Å². The average Bonchev–Trinajstić information content (AvgIpc) is 4.04. The van der Waals surface area contributed by atoms with Gasteiger partial charge in [0.1, 0.15) is 28.0 Å². The highest BCUT2D eigenvalue weighted by Gasteiger charge is 2.21. The normalized spacial score (nSPS) is 11.8. The lowest BCUT2D eigenvalue weighted by Crippen LogP contribution is -2.00. The lowest BCUT2D eigenvalue weighted by Gasteiger charge is -2.11. The van der Waals surface area contributed by atoms with Crippen molar-refractivity contribution >= 4 is 65.8 Å². The van der Waals surface area contributed by atoms with E-state index in [1.54, 1.807) is 0 Å². The lowest BCUT2D eigenvalue weighted by atomic mass is 10.1. The maximum atomic E-state index is 6.80. The van der Waals surface area contributed by atoms with E-state index in [9.17, 15) is 0 Å². The van der Waals surface area contributed by atoms with Crippen molar-refractivity contribution < 1.29 is 8.83 Å². The second kappa shape index (κ2) is 13.9. The van der Waals surface area contributed by atoms with E-state index in [4.69, 9.17) is 33.8 Å². The first-order valence-corrected chi connectivity index (χ1v) is 20.8. The fraction of sp³-hybridized carbons (Fsp3) is 0. The van der Waals surface area contributed by atoms with Gasteiger partial charge in [-0.2, -0.15) is 0 Å². The second-order valence-corrected chi connectivity index (χ2v) is 15.6. The van der Waals surface area contributed by atoms with Crippen molar-refractivity contribution in [3.63, 3.8) is 0 Å². The Labute approximate surface area is 359 Å². The van der Waals surface area contributed by atoms with Crippen molar-refractivity contribution in [1.82, 2.24) is 29.5 Å². The molecule has 0 radical (unpaired) electrons. The summed E-state index contributed by atoms with van der Waals surface area (Å²) in [7, 11) is 0. The number of rotatable bonds is 6. The van der Waals surface area contributed by atoms with E-state index >= 15 is 0 Å². The van der Waals surface area contributed by atoms with E-state index < -0.39 is 0 Å². The van der Waals surface area contributed by atoms with Gasteiger partial charge in [0.2, 0.25) is 0 Å². The predicted molar refractivity (Wildman–Crippen MR) is 251 cm³/mol. The summed E-state index contributed by atoms with van der Waals surface area (Å²) in [5.74, 6) is 2.24. The molecule has 0 saturated carbocycles. The number of para-hydroxylation sites is 4. The third kappa shape index (κ3) is 5.66. The van der Waals surface area contributed by atoms with Gasteiger partial charge < -0.3 is 13.4 Å². The smallest absolute Gasteiger partial charge is 0.180 e. The first-order valence-electron chi connectivity index (χ1n) is 20.8. The monoisotopic (exact) mass is 808 g/mol. The van der Waals surface area contributed by atoms with Crippen molar-refractivity contribution in [3.8, 4) is 62.5 Å². The van der Waals surface area contributed by atoms with Crippen molar-refractivity contribution in [2.45, 2.75) is 0 Å². The molecule has 8 aromatic carbocycles. The third-order valence-corrected chi connectivity index (χ3v) is 11.9. The van der Waals surface area contributed by atoms with Crippen LogP contribution in [0.15, 0.2) is 203 Å². The van der Waals surface area contributed by atoms with Crippen molar-refractivity contribution in [2.75, 3.05) is 0 Å². The van der Waals surface area contributed by atoms with Crippen LogP contribution in [0.4, 0.5) is 0 Å². The molecule has 294 valence electrons. The lowest BCUT2D eigenvalue weighted by molar-refractivity contribution is 0.667. The van der Waals surface area contributed by atoms with Crippen LogP contribution in [0.5, 0.6) is 0 Å². The average molecular weight is 809 g/mol. The van der Waals surface area contributed by atoms with Gasteiger partial charge in [0.15, 0.2) is 28.9 Å². The highest BCUT2D eigenvalue weighted by Crippen LogP contribution is 2.40. The van der Waals surface area contributed by atoms with Gasteiger partial charge in [-0.25, -0.2) is 24.9 Å². The van der Waals surface area contributed by atoms with Gasteiger partial charge in [-0.1, -0.05) is 127 Å². The van der Waals surface area contributed by atoms with Crippen molar-refractivity contribution in [3.05, 3.63) is 194 Å². The molecule has 0 bridgehead atoms. The predicted octanol–water partition coefficient (Wildman–Crippen LogP) is 13.9. The minimum Gasteiger partial charge on any atom is -0.455 e. The van der Waals surface area contributed by atoms with E-state index in [1.165, 1.54) is 10.8 Å². The number of aromatic nitrogens is 6. The standard InChI is InChI=1S/C55H32N6O2/c1-3-14-33(15-4-1)48-51-49(42-20-9-12-25-46(42)62-51)57-54(56-48)36-28-31-40-41-21-13-22-43(50(41)63-47(40)32-36)55-59-52(34-16-5-2-6-17-34)58-53(60-55)35-26-29-37(30-27-35)61-44-23-10-7-18-38(44)39-19-8-11-24-45(39)61/h1-32H. The highest BCUT2D eigenvalue weighted by atomic mass is 16.3. The van der Waals surface area contributed by atoms with Gasteiger partial charge in [-0.15, -0.1) is 0 Å². The van der Waals surface area contributed by atoms with Crippen molar-refractivity contribution in [2.24, 2.45) is 0 Å². The van der Waals surface area contributed by atoms with E-state index in [2.05, 4.69) is 95.6 Å². The molecule has 63 heavy (non-hydrogen) atoms. The molecule has 0 atom stereocenters. The molecular weight excluding hydrogens is 777 g/mol. The topological polar surface area (TPSA) is 95.7 Å². The van der Waals surface area contributed by atoms with E-state index in [0.29, 0.717) is 40.0 Å². The number of fused-ring (bicyclic) bond motifs is 9. The summed E-state index contributed by atoms with van der Waals surface area (Å²) in [5.41, 5.74) is 12.0. The van der Waals surface area contributed by atoms with Crippen molar-refractivity contribution in [1.29, 1.82) is 0 Å². The molecule has 0 unspecified atom stereocenters. The van der Waals surface area contributed by atoms with E-state index in [-0.39, 0.29) is 0 Å². The first kappa shape index (κ1) is 35.0. The number of nitrogens with zero attached hydrogens (tertiary/aromatic N) is 6. The number of benzene rings is 8. The van der Waals surface area contributed by atoms with Crippen LogP contribution >= 0.6 is 0 Å². The molecule has 0 amide bonds. The van der Waals surface area contributed by atoms with Gasteiger partial charge in [0.05, 0.1) is 16.6 Å². The van der Waals surface area contributed by atoms with Gasteiger partial charge >= 0.3 is 0 Å². The van der Waals surface area contributed by atoms with Crippen LogP contribution in [0.2, 0.25) is 0 Å². The molecule has 0 fully saturated rings. The summed E-state index contributed by atoms with van der Waals surface area (Å²) >= 11 is 0. The Bertz CT molecular complexity index is 3860. The molecule has 5 heterocycles. The Kier molecular flexibility index (Phi) is 7.74. The molecule has 0 spiro atoms. The van der Waals surface area contributed by atoms with Crippen LogP contribution in [-0.2, 0) is 0 Å². The fourth-order valence-corrected chi connectivity index (χ4v) is 8.93. The van der Waals surface area contributed by atoms with Gasteiger partial charge in [0, 0.05) is 54.9 Å². The second-order valence-electron chi connectivity index (χ2n) is 15.6. The van der Waals surface area contributed by atoms with E-state index in [0.717, 1.165) is 77.5 Å². The minimum absolute atomic E-state index is 0.517. The molecule has 0 saturated heterocycles. The summed E-state index contributed by atoms with van der Waals surface area (Å²) in [6.07, 6.45) is 0. The number of hydrogen-bond donors (Lipinski definition) is 0. The van der Waals surface area contributed by atoms with Crippen LogP contribution in [0.3, 0.4) is 0 Å². The quantitative estimate of drug-likeness (QED) is 0.165. The van der Waals surface area contributed by atoms with E-state index in [1.807, 2.05) is 103 Å². The molecule has 0 N–H and O–H groups in total. The molecular formula is C55H32N6O2. The van der Waals surface area contributed by atoms with Gasteiger partial charge in [-0.05, 0) is 66.7 Å². The molecule has 0 aliphatic carbocycles. The van der Waals surface area contributed by atoms with Gasteiger partial charge in [0.25, 0.3) is 0 Å². The molecule has 13 aromatic rings. The minimum atomic E-state index is 0.517. The van der Waals surface area contributed by atoms with Crippen LogP contribution in [0, 0.1) is 0 Å². The van der Waals surface area contributed by atoms with Crippen LogP contribution in [0.1, 0.15) is 0 Å². The Morgan fingerprint density at radius 2 is 0.889 bits per heavy atom. The molecule has 13 rings (SSSR count). The molecule has 0 aliphatic heterocycles. The Balaban J connectivity index is 0.941. The largest absolute Gasteiger partial charge is 0.455 e. The maximum absolute atomic E-state index is 6.80. The number of hydrogen-bond acceptors (Lipinski definition) is 7. The highest BCUT2D eigenvalue weighted by molar-refractivity contribution is 6.11.